The second-order valence-corrected chi connectivity index (χ2v) is 10.7. The van der Waals surface area contributed by atoms with Gasteiger partial charge in [0.15, 0.2) is 23.9 Å². The van der Waals surface area contributed by atoms with Gasteiger partial charge in [0.25, 0.3) is 0 Å². The van der Waals surface area contributed by atoms with E-state index in [4.69, 9.17) is 37.9 Å². The number of rotatable bonds is 13. The number of carbonyl (C=O) groups is 2. The molecule has 7 N–H and O–H groups in total. The number of ether oxygens (including phenoxy) is 8. The molecule has 0 aromatic heterocycles. The second-order valence-electron chi connectivity index (χ2n) is 10.7. The predicted molar refractivity (Wildman–Crippen MR) is 159 cm³/mol. The summed E-state index contributed by atoms with van der Waals surface area (Å²) in [5.74, 6) is -3.50. The van der Waals surface area contributed by atoms with E-state index in [1.807, 2.05) is 0 Å². The Kier molecular flexibility index (Phi) is 12.2. The minimum Gasteiger partial charge on any atom is -0.508 e. The summed E-state index contributed by atoms with van der Waals surface area (Å²) >= 11 is 0. The highest BCUT2D eigenvalue weighted by Crippen LogP contribution is 2.39. The molecule has 2 aliphatic rings. The SMILES string of the molecule is COc1cc(C=CC(=O)OCC2OC(OC3(CO)OC(CO)C(O)C3OC(=O)c3ccc(O)cc3)C(O)C(O)C2O)cc(OC)c1OC. The number of esters is 2. The third kappa shape index (κ3) is 7.81. The molecule has 48 heavy (non-hydrogen) atoms. The Morgan fingerprint density at radius 1 is 0.875 bits per heavy atom. The highest BCUT2D eigenvalue weighted by Gasteiger charge is 2.61. The van der Waals surface area contributed by atoms with E-state index in [2.05, 4.69) is 0 Å². The molecule has 0 amide bonds. The van der Waals surface area contributed by atoms with Crippen molar-refractivity contribution >= 4 is 18.0 Å². The van der Waals surface area contributed by atoms with Crippen LogP contribution < -0.4 is 14.2 Å². The van der Waals surface area contributed by atoms with Gasteiger partial charge in [-0.2, -0.15) is 0 Å². The molecule has 2 aromatic carbocycles. The summed E-state index contributed by atoms with van der Waals surface area (Å²) in [6.45, 7) is -2.58. The molecule has 9 unspecified atom stereocenters. The fraction of sp³-hybridized carbons (Fsp3) is 0.484. The largest absolute Gasteiger partial charge is 0.508 e. The molecule has 2 heterocycles. The van der Waals surface area contributed by atoms with Gasteiger partial charge in [-0.1, -0.05) is 0 Å². The monoisotopic (exact) mass is 682 g/mol. The van der Waals surface area contributed by atoms with Crippen LogP contribution in [0.3, 0.4) is 0 Å². The molecule has 4 rings (SSSR count). The van der Waals surface area contributed by atoms with E-state index < -0.39 is 86.6 Å². The van der Waals surface area contributed by atoms with E-state index in [1.165, 1.54) is 51.7 Å². The van der Waals surface area contributed by atoms with Gasteiger partial charge in [0.2, 0.25) is 11.5 Å². The molecule has 9 atom stereocenters. The molecule has 17 nitrogen and oxygen atoms in total. The average Bonchev–Trinajstić information content (AvgIpc) is 3.36. The van der Waals surface area contributed by atoms with Crippen LogP contribution in [0.25, 0.3) is 6.08 Å². The molecular weight excluding hydrogens is 644 g/mol. The third-order valence-corrected chi connectivity index (χ3v) is 7.69. The Balaban J connectivity index is 1.47. The minimum atomic E-state index is -2.46. The zero-order valence-corrected chi connectivity index (χ0v) is 26.1. The van der Waals surface area contributed by atoms with Gasteiger partial charge < -0.3 is 73.6 Å². The van der Waals surface area contributed by atoms with Crippen molar-refractivity contribution in [1.29, 1.82) is 0 Å². The quantitative estimate of drug-likeness (QED) is 0.0934. The molecule has 0 saturated carbocycles. The zero-order valence-electron chi connectivity index (χ0n) is 26.1. The number of phenolic OH excluding ortho intramolecular Hbond substituents is 1. The Bertz CT molecular complexity index is 1410. The molecule has 0 bridgehead atoms. The topological polar surface area (TPSA) is 250 Å². The van der Waals surface area contributed by atoms with Crippen LogP contribution in [0, 0.1) is 0 Å². The highest BCUT2D eigenvalue weighted by molar-refractivity contribution is 5.89. The first kappa shape index (κ1) is 36.8. The summed E-state index contributed by atoms with van der Waals surface area (Å²) in [7, 11) is 4.29. The van der Waals surface area contributed by atoms with Crippen LogP contribution in [-0.2, 0) is 28.5 Å². The number of hydrogen-bond acceptors (Lipinski definition) is 17. The van der Waals surface area contributed by atoms with Crippen molar-refractivity contribution in [3.63, 3.8) is 0 Å². The van der Waals surface area contributed by atoms with Crippen molar-refractivity contribution in [2.45, 2.75) is 54.8 Å². The van der Waals surface area contributed by atoms with Gasteiger partial charge in [-0.15, -0.1) is 0 Å². The van der Waals surface area contributed by atoms with Crippen LogP contribution in [0.4, 0.5) is 0 Å². The summed E-state index contributed by atoms with van der Waals surface area (Å²) in [4.78, 5) is 25.4. The fourth-order valence-electron chi connectivity index (χ4n) is 5.12. The van der Waals surface area contributed by atoms with Gasteiger partial charge in [0.1, 0.15) is 55.6 Å². The summed E-state index contributed by atoms with van der Waals surface area (Å²) < 4.78 is 43.2. The predicted octanol–water partition coefficient (Wildman–Crippen LogP) is -1.54. The van der Waals surface area contributed by atoms with Crippen LogP contribution in [0.5, 0.6) is 23.0 Å². The Hall–Kier alpha value is -4.04. The molecule has 0 radical (unpaired) electrons. The molecule has 0 aliphatic carbocycles. The van der Waals surface area contributed by atoms with Crippen molar-refractivity contribution in [3.8, 4) is 23.0 Å². The minimum absolute atomic E-state index is 0.0621. The molecule has 2 aliphatic heterocycles. The standard InChI is InChI=1S/C31H38O17/c1-41-18-10-15(11-19(42-2)27(18)43-3)4-9-22(35)44-13-21-23(36)25(38)26(39)30(45-21)48-31(14-33)28(24(37)20(12-32)47-31)46-29(40)16-5-7-17(34)8-6-16/h4-11,20-21,23-26,28,30,32-34,36-39H,12-14H2,1-3H3. The van der Waals surface area contributed by atoms with Crippen LogP contribution in [-0.4, -0.2) is 144 Å². The van der Waals surface area contributed by atoms with Crippen molar-refractivity contribution in [2.24, 2.45) is 0 Å². The summed E-state index contributed by atoms with van der Waals surface area (Å²) in [6.07, 6.45) is -11.7. The van der Waals surface area contributed by atoms with E-state index >= 15 is 0 Å². The maximum Gasteiger partial charge on any atom is 0.338 e. The molecular formula is C31H38O17. The second kappa shape index (κ2) is 15.9. The van der Waals surface area contributed by atoms with E-state index in [0.717, 1.165) is 6.08 Å². The number of phenols is 1. The Morgan fingerprint density at radius 3 is 2.08 bits per heavy atom. The van der Waals surface area contributed by atoms with Gasteiger partial charge >= 0.3 is 11.9 Å². The lowest BCUT2D eigenvalue weighted by atomic mass is 9.98. The molecule has 2 fully saturated rings. The summed E-state index contributed by atoms with van der Waals surface area (Å²) in [6, 6.07) is 8.02. The van der Waals surface area contributed by atoms with Gasteiger partial charge in [-0.05, 0) is 48.0 Å². The lowest BCUT2D eigenvalue weighted by Gasteiger charge is -2.43. The van der Waals surface area contributed by atoms with E-state index in [1.54, 1.807) is 12.1 Å². The third-order valence-electron chi connectivity index (χ3n) is 7.69. The fourth-order valence-corrected chi connectivity index (χ4v) is 5.12. The Labute approximate surface area is 274 Å². The van der Waals surface area contributed by atoms with Crippen molar-refractivity contribution < 1.29 is 83.2 Å². The van der Waals surface area contributed by atoms with Gasteiger partial charge in [-0.3, -0.25) is 0 Å². The smallest absolute Gasteiger partial charge is 0.338 e. The summed E-state index contributed by atoms with van der Waals surface area (Å²) in [5.41, 5.74) is 0.422. The number of hydrogen-bond donors (Lipinski definition) is 7. The normalized spacial score (nSPS) is 30.2. The first-order valence-electron chi connectivity index (χ1n) is 14.5. The maximum absolute atomic E-state index is 12.8. The van der Waals surface area contributed by atoms with Crippen molar-refractivity contribution in [1.82, 2.24) is 0 Å². The van der Waals surface area contributed by atoms with Gasteiger partial charge in [-0.25, -0.2) is 9.59 Å². The average molecular weight is 683 g/mol. The number of aliphatic hydroxyl groups is 6. The lowest BCUT2D eigenvalue weighted by molar-refractivity contribution is -0.383. The first-order chi connectivity index (χ1) is 22.9. The van der Waals surface area contributed by atoms with Crippen LogP contribution in [0.1, 0.15) is 15.9 Å². The zero-order chi connectivity index (χ0) is 35.2. The van der Waals surface area contributed by atoms with Crippen LogP contribution in [0.15, 0.2) is 42.5 Å². The van der Waals surface area contributed by atoms with E-state index in [-0.39, 0.29) is 11.3 Å². The van der Waals surface area contributed by atoms with Crippen molar-refractivity contribution in [3.05, 3.63) is 53.6 Å². The molecule has 264 valence electrons. The number of methoxy groups -OCH3 is 3. The Morgan fingerprint density at radius 2 is 1.52 bits per heavy atom. The molecule has 2 saturated heterocycles. The number of aromatic hydroxyl groups is 1. The summed E-state index contributed by atoms with van der Waals surface area (Å²) in [5, 5.41) is 72.2. The van der Waals surface area contributed by atoms with E-state index in [9.17, 15) is 45.3 Å². The first-order valence-corrected chi connectivity index (χ1v) is 14.5. The maximum atomic E-state index is 12.8. The van der Waals surface area contributed by atoms with Crippen LogP contribution >= 0.6 is 0 Å². The molecule has 0 spiro atoms. The molecule has 17 heteroatoms. The number of aliphatic hydroxyl groups excluding tert-OH is 6. The number of carbonyl (C=O) groups excluding carboxylic acids is 2. The van der Waals surface area contributed by atoms with Gasteiger partial charge in [0.05, 0.1) is 33.5 Å². The van der Waals surface area contributed by atoms with Crippen molar-refractivity contribution in [2.75, 3.05) is 41.2 Å². The van der Waals surface area contributed by atoms with Gasteiger partial charge in [0, 0.05) is 6.08 Å². The lowest BCUT2D eigenvalue weighted by Crippen LogP contribution is -2.63. The van der Waals surface area contributed by atoms with E-state index in [0.29, 0.717) is 22.8 Å². The van der Waals surface area contributed by atoms with Crippen LogP contribution in [0.2, 0.25) is 0 Å². The highest BCUT2D eigenvalue weighted by atomic mass is 16.8. The molecule has 2 aromatic rings. The number of benzene rings is 2.